The Labute approximate surface area is 103 Å². The van der Waals surface area contributed by atoms with E-state index >= 15 is 0 Å². The number of thiazole rings is 1. The van der Waals surface area contributed by atoms with Gasteiger partial charge in [0.15, 0.2) is 5.13 Å². The molecular weight excluding hydrogens is 242 g/mol. The minimum Gasteiger partial charge on any atom is -0.480 e. The van der Waals surface area contributed by atoms with Gasteiger partial charge in [0.1, 0.15) is 6.04 Å². The zero-order chi connectivity index (χ0) is 12.8. The molecule has 0 saturated carbocycles. The Hall–Kier alpha value is -1.63. The molecule has 1 heterocycles. The van der Waals surface area contributed by atoms with Crippen molar-refractivity contribution in [1.82, 2.24) is 10.3 Å². The zero-order valence-corrected chi connectivity index (χ0v) is 10.5. The lowest BCUT2D eigenvalue weighted by Gasteiger charge is -2.13. The van der Waals surface area contributed by atoms with E-state index in [-0.39, 0.29) is 0 Å². The monoisotopic (exact) mass is 257 g/mol. The molecule has 0 aromatic carbocycles. The van der Waals surface area contributed by atoms with Crippen molar-refractivity contribution in [3.63, 3.8) is 0 Å². The molecule has 1 rings (SSSR count). The molecule has 0 aliphatic carbocycles. The van der Waals surface area contributed by atoms with Gasteiger partial charge in [-0.05, 0) is 13.3 Å². The van der Waals surface area contributed by atoms with Gasteiger partial charge in [-0.3, -0.25) is 5.32 Å². The molecule has 1 aromatic rings. The van der Waals surface area contributed by atoms with Crippen LogP contribution in [0, 0.1) is 6.92 Å². The first-order valence-corrected chi connectivity index (χ1v) is 6.07. The lowest BCUT2D eigenvalue weighted by atomic mass is 10.2. The van der Waals surface area contributed by atoms with E-state index in [0.717, 1.165) is 4.88 Å². The number of hydrogen-bond donors (Lipinski definition) is 3. The predicted octanol–water partition coefficient (Wildman–Crippen LogP) is 1.83. The first-order valence-electron chi connectivity index (χ1n) is 5.25. The number of urea groups is 1. The van der Waals surface area contributed by atoms with Crippen LogP contribution in [-0.2, 0) is 4.79 Å². The largest absolute Gasteiger partial charge is 0.480 e. The summed E-state index contributed by atoms with van der Waals surface area (Å²) in [7, 11) is 0. The van der Waals surface area contributed by atoms with Gasteiger partial charge >= 0.3 is 12.0 Å². The quantitative estimate of drug-likeness (QED) is 0.750. The minimum absolute atomic E-state index is 0.402. The molecule has 0 spiro atoms. The zero-order valence-electron chi connectivity index (χ0n) is 9.69. The lowest BCUT2D eigenvalue weighted by molar-refractivity contribution is -0.139. The summed E-state index contributed by atoms with van der Waals surface area (Å²) in [6.45, 7) is 3.73. The minimum atomic E-state index is -1.03. The number of carboxylic acid groups (broad SMARTS) is 1. The van der Waals surface area contributed by atoms with Crippen LogP contribution < -0.4 is 10.6 Å². The molecule has 0 aliphatic rings. The van der Waals surface area contributed by atoms with Crippen molar-refractivity contribution in [1.29, 1.82) is 0 Å². The highest BCUT2D eigenvalue weighted by Gasteiger charge is 2.18. The van der Waals surface area contributed by atoms with Crippen LogP contribution in [-0.4, -0.2) is 28.1 Å². The van der Waals surface area contributed by atoms with Crippen LogP contribution in [0.5, 0.6) is 0 Å². The van der Waals surface area contributed by atoms with Crippen LogP contribution in [0.25, 0.3) is 0 Å². The average Bonchev–Trinajstić information content (AvgIpc) is 2.63. The average molecular weight is 257 g/mol. The third kappa shape index (κ3) is 4.39. The van der Waals surface area contributed by atoms with E-state index < -0.39 is 18.0 Å². The molecule has 0 aliphatic heterocycles. The Balaban J connectivity index is 2.50. The number of hydrogen-bond acceptors (Lipinski definition) is 4. The number of aromatic nitrogens is 1. The Morgan fingerprint density at radius 2 is 2.29 bits per heavy atom. The van der Waals surface area contributed by atoms with Crippen LogP contribution in [0.4, 0.5) is 9.93 Å². The van der Waals surface area contributed by atoms with E-state index in [1.807, 2.05) is 13.8 Å². The number of rotatable bonds is 5. The van der Waals surface area contributed by atoms with Crippen LogP contribution >= 0.6 is 11.3 Å². The predicted molar refractivity (Wildman–Crippen MR) is 65.3 cm³/mol. The number of nitrogens with one attached hydrogen (secondary N) is 2. The molecule has 1 aromatic heterocycles. The maximum Gasteiger partial charge on any atom is 0.326 e. The van der Waals surface area contributed by atoms with Crippen molar-refractivity contribution >= 4 is 28.5 Å². The highest BCUT2D eigenvalue weighted by atomic mass is 32.1. The van der Waals surface area contributed by atoms with Crippen molar-refractivity contribution in [3.05, 3.63) is 11.1 Å². The Bertz CT molecular complexity index is 405. The maximum absolute atomic E-state index is 11.5. The van der Waals surface area contributed by atoms with Gasteiger partial charge in [0.2, 0.25) is 0 Å². The van der Waals surface area contributed by atoms with Crippen LogP contribution in [0.1, 0.15) is 24.6 Å². The number of nitrogens with zero attached hydrogens (tertiary/aromatic N) is 1. The van der Waals surface area contributed by atoms with Gasteiger partial charge in [-0.25, -0.2) is 14.6 Å². The molecule has 17 heavy (non-hydrogen) atoms. The molecule has 1 atom stereocenters. The normalized spacial score (nSPS) is 11.9. The molecule has 0 saturated heterocycles. The highest BCUT2D eigenvalue weighted by molar-refractivity contribution is 7.15. The van der Waals surface area contributed by atoms with Crippen molar-refractivity contribution in [2.75, 3.05) is 5.32 Å². The molecular formula is C10H15N3O3S. The van der Waals surface area contributed by atoms with Gasteiger partial charge in [-0.2, -0.15) is 0 Å². The summed E-state index contributed by atoms with van der Waals surface area (Å²) < 4.78 is 0. The fourth-order valence-electron chi connectivity index (χ4n) is 1.25. The smallest absolute Gasteiger partial charge is 0.326 e. The molecule has 0 unspecified atom stereocenters. The van der Waals surface area contributed by atoms with E-state index in [4.69, 9.17) is 5.11 Å². The standard InChI is InChI=1S/C10H15N3O3S/c1-3-4-7(8(14)15)12-9(16)13-10-11-5-6(2)17-10/h5,7H,3-4H2,1-2H3,(H,14,15)(H2,11,12,13,16)/t7-/m1/s1. The van der Waals surface area contributed by atoms with Gasteiger partial charge in [0.25, 0.3) is 0 Å². The first-order chi connectivity index (χ1) is 8.02. The van der Waals surface area contributed by atoms with E-state index in [1.54, 1.807) is 6.20 Å². The van der Waals surface area contributed by atoms with E-state index in [0.29, 0.717) is 18.0 Å². The number of anilines is 1. The lowest BCUT2D eigenvalue weighted by Crippen LogP contribution is -2.42. The number of carbonyl (C=O) groups is 2. The van der Waals surface area contributed by atoms with Crippen molar-refractivity contribution in [3.8, 4) is 0 Å². The topological polar surface area (TPSA) is 91.3 Å². The second-order valence-corrected chi connectivity index (χ2v) is 4.79. The second kappa shape index (κ2) is 6.19. The molecule has 3 N–H and O–H groups in total. The van der Waals surface area contributed by atoms with Gasteiger partial charge < -0.3 is 10.4 Å². The van der Waals surface area contributed by atoms with E-state index in [2.05, 4.69) is 15.6 Å². The summed E-state index contributed by atoms with van der Waals surface area (Å²) in [6, 6.07) is -1.40. The molecule has 6 nitrogen and oxygen atoms in total. The highest BCUT2D eigenvalue weighted by Crippen LogP contribution is 2.16. The number of aliphatic carboxylic acids is 1. The third-order valence-electron chi connectivity index (χ3n) is 2.02. The van der Waals surface area contributed by atoms with Crippen LogP contribution in [0.15, 0.2) is 6.20 Å². The fourth-order valence-corrected chi connectivity index (χ4v) is 1.91. The molecule has 0 radical (unpaired) electrons. The molecule has 0 fully saturated rings. The van der Waals surface area contributed by atoms with Crippen molar-refractivity contribution < 1.29 is 14.7 Å². The summed E-state index contributed by atoms with van der Waals surface area (Å²) >= 11 is 1.33. The summed E-state index contributed by atoms with van der Waals surface area (Å²) in [5, 5.41) is 14.2. The third-order valence-corrected chi connectivity index (χ3v) is 2.85. The molecule has 94 valence electrons. The summed E-state index contributed by atoms with van der Waals surface area (Å²) in [6.07, 6.45) is 2.73. The van der Waals surface area contributed by atoms with Gasteiger partial charge in [0.05, 0.1) is 0 Å². The fraction of sp³-hybridized carbons (Fsp3) is 0.500. The number of aryl methyl sites for hydroxylation is 1. The number of carbonyl (C=O) groups excluding carboxylic acids is 1. The molecule has 0 bridgehead atoms. The SMILES string of the molecule is CCC[C@@H](NC(=O)Nc1ncc(C)s1)C(=O)O. The van der Waals surface area contributed by atoms with Crippen LogP contribution in [0.2, 0.25) is 0 Å². The molecule has 2 amide bonds. The number of carboxylic acids is 1. The van der Waals surface area contributed by atoms with Gasteiger partial charge in [0, 0.05) is 11.1 Å². The Kier molecular flexibility index (Phi) is 4.89. The van der Waals surface area contributed by atoms with E-state index in [1.165, 1.54) is 11.3 Å². The summed E-state index contributed by atoms with van der Waals surface area (Å²) in [5.41, 5.74) is 0. The van der Waals surface area contributed by atoms with Crippen molar-refractivity contribution in [2.24, 2.45) is 0 Å². The maximum atomic E-state index is 11.5. The van der Waals surface area contributed by atoms with Crippen molar-refractivity contribution in [2.45, 2.75) is 32.7 Å². The summed E-state index contributed by atoms with van der Waals surface area (Å²) in [4.78, 5) is 27.2. The second-order valence-electron chi connectivity index (χ2n) is 3.55. The van der Waals surface area contributed by atoms with Gasteiger partial charge in [-0.1, -0.05) is 13.3 Å². The van der Waals surface area contributed by atoms with E-state index in [9.17, 15) is 9.59 Å². The van der Waals surface area contributed by atoms with Gasteiger partial charge in [-0.15, -0.1) is 11.3 Å². The first kappa shape index (κ1) is 13.4. The van der Waals surface area contributed by atoms with Crippen LogP contribution in [0.3, 0.4) is 0 Å². The number of amides is 2. The molecule has 7 heteroatoms. The summed E-state index contributed by atoms with van der Waals surface area (Å²) in [5.74, 6) is -1.03. The Morgan fingerprint density at radius 1 is 1.59 bits per heavy atom. The Morgan fingerprint density at radius 3 is 2.76 bits per heavy atom.